The van der Waals surface area contributed by atoms with Gasteiger partial charge in [0.15, 0.2) is 0 Å². The molecule has 116 valence electrons. The molecule has 7 heteroatoms. The second-order valence-corrected chi connectivity index (χ2v) is 7.31. The van der Waals surface area contributed by atoms with Crippen LogP contribution in [0.1, 0.15) is 31.4 Å². The van der Waals surface area contributed by atoms with Crippen molar-refractivity contribution in [3.8, 4) is 0 Å². The molecule has 0 aromatic carbocycles. The quantitative estimate of drug-likeness (QED) is 0.819. The first-order valence-electron chi connectivity index (χ1n) is 7.10. The summed E-state index contributed by atoms with van der Waals surface area (Å²) in [6.45, 7) is -0.449. The maximum atomic E-state index is 12.5. The van der Waals surface area contributed by atoms with E-state index in [2.05, 4.69) is 4.98 Å². The van der Waals surface area contributed by atoms with Gasteiger partial charge >= 0.3 is 5.97 Å². The monoisotopic (exact) mass is 312 g/mol. The lowest BCUT2D eigenvalue weighted by Gasteiger charge is -2.26. The van der Waals surface area contributed by atoms with E-state index < -0.39 is 22.5 Å². The summed E-state index contributed by atoms with van der Waals surface area (Å²) < 4.78 is 26.1. The Balaban J connectivity index is 2.07. The zero-order valence-electron chi connectivity index (χ0n) is 11.8. The molecular weight excluding hydrogens is 292 g/mol. The van der Waals surface area contributed by atoms with Crippen molar-refractivity contribution in [1.82, 2.24) is 9.29 Å². The highest BCUT2D eigenvalue weighted by Gasteiger charge is 2.33. The molecule has 1 fully saturated rings. The van der Waals surface area contributed by atoms with Crippen molar-refractivity contribution in [2.75, 3.05) is 12.3 Å². The van der Waals surface area contributed by atoms with Crippen LogP contribution in [-0.4, -0.2) is 47.1 Å². The summed E-state index contributed by atoms with van der Waals surface area (Å²) in [4.78, 5) is 15.1. The first-order chi connectivity index (χ1) is 9.99. The highest BCUT2D eigenvalue weighted by Crippen LogP contribution is 2.26. The molecule has 1 aliphatic carbocycles. The molecule has 21 heavy (non-hydrogen) atoms. The number of pyridine rings is 1. The Labute approximate surface area is 124 Å². The zero-order valence-corrected chi connectivity index (χ0v) is 12.6. The fraction of sp³-hybridized carbons (Fsp3) is 0.571. The van der Waals surface area contributed by atoms with E-state index in [1.807, 2.05) is 0 Å². The predicted octanol–water partition coefficient (Wildman–Crippen LogP) is 1.28. The molecule has 2 rings (SSSR count). The number of hydrogen-bond donors (Lipinski definition) is 1. The van der Waals surface area contributed by atoms with Gasteiger partial charge < -0.3 is 5.11 Å². The van der Waals surface area contributed by atoms with E-state index in [4.69, 9.17) is 5.11 Å². The molecule has 1 aliphatic rings. The van der Waals surface area contributed by atoms with Crippen LogP contribution in [0.25, 0.3) is 0 Å². The topological polar surface area (TPSA) is 87.6 Å². The molecular formula is C14H20N2O4S. The molecule has 1 saturated carbocycles. The molecule has 1 aromatic rings. The lowest BCUT2D eigenvalue weighted by molar-refractivity contribution is -0.137. The minimum atomic E-state index is -3.59. The number of aryl methyl sites for hydroxylation is 1. The van der Waals surface area contributed by atoms with Gasteiger partial charge in [-0.2, -0.15) is 4.31 Å². The van der Waals surface area contributed by atoms with Gasteiger partial charge in [0.25, 0.3) is 0 Å². The molecule has 1 aromatic heterocycles. The second-order valence-electron chi connectivity index (χ2n) is 5.26. The van der Waals surface area contributed by atoms with Crippen LogP contribution >= 0.6 is 0 Å². The highest BCUT2D eigenvalue weighted by atomic mass is 32.2. The number of carboxylic acid groups (broad SMARTS) is 1. The Morgan fingerprint density at radius 2 is 2.05 bits per heavy atom. The summed E-state index contributed by atoms with van der Waals surface area (Å²) in [5, 5.41) is 8.97. The first-order valence-corrected chi connectivity index (χ1v) is 8.71. The van der Waals surface area contributed by atoms with Gasteiger partial charge in [-0.05, 0) is 25.0 Å². The van der Waals surface area contributed by atoms with Crippen molar-refractivity contribution in [2.24, 2.45) is 0 Å². The molecule has 0 bridgehead atoms. The van der Waals surface area contributed by atoms with Gasteiger partial charge in [-0.15, -0.1) is 0 Å². The lowest BCUT2D eigenvalue weighted by atomic mass is 10.2. The number of aromatic nitrogens is 1. The summed E-state index contributed by atoms with van der Waals surface area (Å²) in [5.41, 5.74) is 0.697. The third-order valence-corrected chi connectivity index (χ3v) is 5.58. The SMILES string of the molecule is O=C(O)CN(C1CCCC1)S(=O)(=O)CCc1ccccn1. The largest absolute Gasteiger partial charge is 0.480 e. The van der Waals surface area contributed by atoms with Gasteiger partial charge in [-0.25, -0.2) is 8.42 Å². The van der Waals surface area contributed by atoms with E-state index in [9.17, 15) is 13.2 Å². The Morgan fingerprint density at radius 1 is 1.33 bits per heavy atom. The van der Waals surface area contributed by atoms with Crippen molar-refractivity contribution in [1.29, 1.82) is 0 Å². The fourth-order valence-corrected chi connectivity index (χ4v) is 4.35. The minimum absolute atomic E-state index is 0.103. The van der Waals surface area contributed by atoms with Gasteiger partial charge in [-0.3, -0.25) is 9.78 Å². The molecule has 0 aliphatic heterocycles. The molecule has 0 atom stereocenters. The molecule has 0 radical (unpaired) electrons. The van der Waals surface area contributed by atoms with Crippen LogP contribution in [-0.2, 0) is 21.2 Å². The van der Waals surface area contributed by atoms with E-state index in [1.54, 1.807) is 24.4 Å². The summed E-state index contributed by atoms with van der Waals surface area (Å²) >= 11 is 0. The predicted molar refractivity (Wildman–Crippen MR) is 78.3 cm³/mol. The number of hydrogen-bond acceptors (Lipinski definition) is 4. The smallest absolute Gasteiger partial charge is 0.318 e. The Kier molecular flexibility index (Phi) is 5.30. The third kappa shape index (κ3) is 4.50. The summed E-state index contributed by atoms with van der Waals surface area (Å²) in [5.74, 6) is -1.21. The third-order valence-electron chi connectivity index (χ3n) is 3.72. The number of nitrogens with zero attached hydrogens (tertiary/aromatic N) is 2. The van der Waals surface area contributed by atoms with Crippen molar-refractivity contribution in [3.63, 3.8) is 0 Å². The van der Waals surface area contributed by atoms with Crippen molar-refractivity contribution in [3.05, 3.63) is 30.1 Å². The number of sulfonamides is 1. The molecule has 0 amide bonds. The van der Waals surface area contributed by atoms with Gasteiger partial charge in [0.2, 0.25) is 10.0 Å². The van der Waals surface area contributed by atoms with Crippen LogP contribution in [0.5, 0.6) is 0 Å². The van der Waals surface area contributed by atoms with Gasteiger partial charge in [0.05, 0.1) is 5.75 Å². The van der Waals surface area contributed by atoms with Gasteiger partial charge in [0.1, 0.15) is 6.54 Å². The van der Waals surface area contributed by atoms with Crippen LogP contribution in [0.4, 0.5) is 0 Å². The number of rotatable bonds is 7. The van der Waals surface area contributed by atoms with Crippen LogP contribution < -0.4 is 0 Å². The first kappa shape index (κ1) is 15.9. The zero-order chi connectivity index (χ0) is 15.3. The van der Waals surface area contributed by atoms with Crippen molar-refractivity contribution >= 4 is 16.0 Å². The molecule has 0 saturated heterocycles. The Bertz CT molecular complexity index is 568. The van der Waals surface area contributed by atoms with Gasteiger partial charge in [-0.1, -0.05) is 18.9 Å². The lowest BCUT2D eigenvalue weighted by Crippen LogP contribution is -2.43. The minimum Gasteiger partial charge on any atom is -0.480 e. The maximum absolute atomic E-state index is 12.5. The van der Waals surface area contributed by atoms with Crippen LogP contribution in [0, 0.1) is 0 Å². The summed E-state index contributed by atoms with van der Waals surface area (Å²) in [7, 11) is -3.59. The van der Waals surface area contributed by atoms with Crippen LogP contribution in [0.15, 0.2) is 24.4 Å². The molecule has 1 heterocycles. The van der Waals surface area contributed by atoms with E-state index in [0.717, 1.165) is 25.7 Å². The van der Waals surface area contributed by atoms with Crippen molar-refractivity contribution < 1.29 is 18.3 Å². The number of carbonyl (C=O) groups is 1. The molecule has 6 nitrogen and oxygen atoms in total. The van der Waals surface area contributed by atoms with Crippen LogP contribution in [0.2, 0.25) is 0 Å². The molecule has 0 unspecified atom stereocenters. The molecule has 1 N–H and O–H groups in total. The highest BCUT2D eigenvalue weighted by molar-refractivity contribution is 7.89. The van der Waals surface area contributed by atoms with E-state index in [1.165, 1.54) is 4.31 Å². The van der Waals surface area contributed by atoms with E-state index in [0.29, 0.717) is 12.1 Å². The fourth-order valence-electron chi connectivity index (χ4n) is 2.68. The van der Waals surface area contributed by atoms with E-state index >= 15 is 0 Å². The normalized spacial score (nSPS) is 16.4. The standard InChI is InChI=1S/C14H20N2O4S/c17-14(18)11-16(13-6-1-2-7-13)21(19,20)10-8-12-5-3-4-9-15-12/h3-5,9,13H,1-2,6-8,10-11H2,(H,17,18). The average Bonchev–Trinajstić information content (AvgIpc) is 2.97. The van der Waals surface area contributed by atoms with Gasteiger partial charge in [0, 0.05) is 24.4 Å². The Morgan fingerprint density at radius 3 is 2.62 bits per heavy atom. The molecule has 0 spiro atoms. The summed E-state index contributed by atoms with van der Waals surface area (Å²) in [6, 6.07) is 5.18. The maximum Gasteiger partial charge on any atom is 0.318 e. The van der Waals surface area contributed by atoms with E-state index in [-0.39, 0.29) is 11.8 Å². The number of carboxylic acids is 1. The van der Waals surface area contributed by atoms with Crippen molar-refractivity contribution in [2.45, 2.75) is 38.1 Å². The summed E-state index contributed by atoms with van der Waals surface area (Å²) in [6.07, 6.45) is 5.32. The number of aliphatic carboxylic acids is 1. The second kappa shape index (κ2) is 7.00. The Hall–Kier alpha value is -1.47. The average molecular weight is 312 g/mol. The van der Waals surface area contributed by atoms with Crippen LogP contribution in [0.3, 0.4) is 0 Å².